The summed E-state index contributed by atoms with van der Waals surface area (Å²) >= 11 is 1.62. The molecule has 0 radical (unpaired) electrons. The summed E-state index contributed by atoms with van der Waals surface area (Å²) in [6.45, 7) is 11.9. The van der Waals surface area contributed by atoms with E-state index in [1.807, 2.05) is 36.1 Å². The van der Waals surface area contributed by atoms with Crippen LogP contribution in [0.4, 0.5) is 5.00 Å². The second kappa shape index (κ2) is 9.01. The number of benzene rings is 1. The van der Waals surface area contributed by atoms with Crippen LogP contribution in [0.2, 0.25) is 0 Å². The molecule has 2 atom stereocenters. The van der Waals surface area contributed by atoms with Gasteiger partial charge < -0.3 is 10.2 Å². The van der Waals surface area contributed by atoms with Gasteiger partial charge in [0.2, 0.25) is 0 Å². The van der Waals surface area contributed by atoms with Crippen LogP contribution in [-0.4, -0.2) is 29.3 Å². The van der Waals surface area contributed by atoms with Crippen molar-refractivity contribution >= 4 is 28.2 Å². The predicted octanol–water partition coefficient (Wildman–Crippen LogP) is 6.47. The zero-order valence-electron chi connectivity index (χ0n) is 20.1. The molecule has 2 unspecified atom stereocenters. The normalized spacial score (nSPS) is 21.2. The highest BCUT2D eigenvalue weighted by Crippen LogP contribution is 2.45. The highest BCUT2D eigenvalue weighted by atomic mass is 32.1. The molecule has 2 aromatic rings. The van der Waals surface area contributed by atoms with Crippen molar-refractivity contribution in [3.05, 3.63) is 51.4 Å². The van der Waals surface area contributed by atoms with Crippen LogP contribution >= 0.6 is 11.3 Å². The van der Waals surface area contributed by atoms with Gasteiger partial charge in [0.05, 0.1) is 5.56 Å². The van der Waals surface area contributed by atoms with Crippen LogP contribution in [-0.2, 0) is 12.8 Å². The molecule has 2 heterocycles. The van der Waals surface area contributed by atoms with Crippen molar-refractivity contribution in [2.75, 3.05) is 11.9 Å². The minimum Gasteiger partial charge on any atom is -0.336 e. The molecular formula is C27H36N2O2S. The van der Waals surface area contributed by atoms with E-state index in [4.69, 9.17) is 0 Å². The van der Waals surface area contributed by atoms with Crippen LogP contribution in [0.1, 0.15) is 90.1 Å². The number of amides is 2. The number of aryl methyl sites for hydroxylation is 1. The summed E-state index contributed by atoms with van der Waals surface area (Å²) in [7, 11) is 0. The third-order valence-corrected chi connectivity index (χ3v) is 8.48. The molecule has 1 aliphatic heterocycles. The minimum absolute atomic E-state index is 0.100. The van der Waals surface area contributed by atoms with Gasteiger partial charge in [-0.1, -0.05) is 38.5 Å². The van der Waals surface area contributed by atoms with Crippen molar-refractivity contribution in [3.63, 3.8) is 0 Å². The van der Waals surface area contributed by atoms with E-state index < -0.39 is 0 Å². The summed E-state index contributed by atoms with van der Waals surface area (Å²) in [5, 5.41) is 3.86. The first-order valence-corrected chi connectivity index (χ1v) is 12.8. The Balaban J connectivity index is 1.69. The van der Waals surface area contributed by atoms with Crippen LogP contribution in [0.25, 0.3) is 0 Å². The Hall–Kier alpha value is -2.14. The summed E-state index contributed by atoms with van der Waals surface area (Å²) in [6, 6.07) is 7.84. The Bertz CT molecular complexity index is 1000. The maximum Gasteiger partial charge on any atom is 0.257 e. The van der Waals surface area contributed by atoms with E-state index in [0.717, 1.165) is 54.8 Å². The van der Waals surface area contributed by atoms with Crippen LogP contribution < -0.4 is 5.32 Å². The molecule has 172 valence electrons. The Labute approximate surface area is 196 Å². The molecule has 1 saturated heterocycles. The lowest BCUT2D eigenvalue weighted by molar-refractivity contribution is 0.0635. The topological polar surface area (TPSA) is 49.4 Å². The summed E-state index contributed by atoms with van der Waals surface area (Å²) in [5.41, 5.74) is 3.91. The van der Waals surface area contributed by atoms with Crippen molar-refractivity contribution in [2.45, 2.75) is 79.2 Å². The van der Waals surface area contributed by atoms with Gasteiger partial charge in [0.25, 0.3) is 11.8 Å². The van der Waals surface area contributed by atoms with Gasteiger partial charge in [-0.15, -0.1) is 11.3 Å². The molecule has 1 aromatic carbocycles. The number of nitrogens with one attached hydrogen (secondary N) is 1. The zero-order valence-corrected chi connectivity index (χ0v) is 20.9. The number of anilines is 1. The Morgan fingerprint density at radius 1 is 1.09 bits per heavy atom. The number of hydrogen-bond acceptors (Lipinski definition) is 3. The predicted molar refractivity (Wildman–Crippen MR) is 133 cm³/mol. The Kier molecular flexibility index (Phi) is 6.49. The molecule has 32 heavy (non-hydrogen) atoms. The number of likely N-dealkylation sites (tertiary alicyclic amines) is 1. The first-order chi connectivity index (χ1) is 15.1. The maximum absolute atomic E-state index is 13.8. The van der Waals surface area contributed by atoms with Gasteiger partial charge >= 0.3 is 0 Å². The van der Waals surface area contributed by atoms with Gasteiger partial charge in [0.1, 0.15) is 5.00 Å². The number of fused-ring (bicyclic) bond motifs is 1. The van der Waals surface area contributed by atoms with Crippen LogP contribution in [0.15, 0.2) is 24.3 Å². The van der Waals surface area contributed by atoms with E-state index in [-0.39, 0.29) is 23.3 Å². The molecule has 4 nitrogen and oxygen atoms in total. The average molecular weight is 453 g/mol. The van der Waals surface area contributed by atoms with E-state index in [2.05, 4.69) is 33.0 Å². The Morgan fingerprint density at radius 3 is 2.47 bits per heavy atom. The number of thiophene rings is 1. The average Bonchev–Trinajstić information content (AvgIpc) is 3.10. The fraction of sp³-hybridized carbons (Fsp3) is 0.556. The van der Waals surface area contributed by atoms with Crippen molar-refractivity contribution in [1.29, 1.82) is 0 Å². The van der Waals surface area contributed by atoms with Crippen molar-refractivity contribution in [3.8, 4) is 0 Å². The largest absolute Gasteiger partial charge is 0.336 e. The van der Waals surface area contributed by atoms with E-state index >= 15 is 0 Å². The summed E-state index contributed by atoms with van der Waals surface area (Å²) in [5.74, 6) is 0.547. The third-order valence-electron chi connectivity index (χ3n) is 7.31. The fourth-order valence-electron chi connectivity index (χ4n) is 5.06. The van der Waals surface area contributed by atoms with Gasteiger partial charge in [-0.05, 0) is 81.4 Å². The standard InChI is InChI=1S/C27H36N2O2S/c1-17-9-11-19(12-10-17)24(30)28-25-23(26(31)29-15-7-6-8-18(29)2)21-14-13-20(27(3,4)5)16-22(21)32-25/h9-12,18,20H,6-8,13-16H2,1-5H3,(H,28,30). The highest BCUT2D eigenvalue weighted by Gasteiger charge is 2.36. The molecule has 1 N–H and O–H groups in total. The van der Waals surface area contributed by atoms with E-state index in [1.165, 1.54) is 16.9 Å². The zero-order chi connectivity index (χ0) is 23.0. The van der Waals surface area contributed by atoms with Gasteiger partial charge in [-0.25, -0.2) is 0 Å². The second-order valence-electron chi connectivity index (χ2n) is 10.7. The number of rotatable bonds is 3. The summed E-state index contributed by atoms with van der Waals surface area (Å²) in [6.07, 6.45) is 6.28. The number of hydrogen-bond donors (Lipinski definition) is 1. The molecule has 0 saturated carbocycles. The smallest absolute Gasteiger partial charge is 0.257 e. The number of nitrogens with zero attached hydrogens (tertiary/aromatic N) is 1. The fourth-order valence-corrected chi connectivity index (χ4v) is 6.38. The molecule has 2 aliphatic rings. The molecule has 0 bridgehead atoms. The molecule has 1 fully saturated rings. The first kappa shape index (κ1) is 23.0. The van der Waals surface area contributed by atoms with E-state index in [0.29, 0.717) is 11.5 Å². The van der Waals surface area contributed by atoms with Gasteiger partial charge in [-0.2, -0.15) is 0 Å². The molecule has 1 aliphatic carbocycles. The lowest BCUT2D eigenvalue weighted by Crippen LogP contribution is -2.42. The summed E-state index contributed by atoms with van der Waals surface area (Å²) < 4.78 is 0. The molecule has 5 heteroatoms. The van der Waals surface area contributed by atoms with Crippen molar-refractivity contribution in [2.24, 2.45) is 11.3 Å². The van der Waals surface area contributed by atoms with E-state index in [9.17, 15) is 9.59 Å². The van der Waals surface area contributed by atoms with E-state index in [1.54, 1.807) is 11.3 Å². The van der Waals surface area contributed by atoms with Crippen LogP contribution in [0, 0.1) is 18.3 Å². The first-order valence-electron chi connectivity index (χ1n) is 12.0. The molecular weight excluding hydrogens is 416 g/mol. The van der Waals surface area contributed by atoms with Gasteiger partial charge in [-0.3, -0.25) is 9.59 Å². The monoisotopic (exact) mass is 452 g/mol. The molecule has 2 amide bonds. The lowest BCUT2D eigenvalue weighted by atomic mass is 9.72. The summed E-state index contributed by atoms with van der Waals surface area (Å²) in [4.78, 5) is 30.1. The SMILES string of the molecule is Cc1ccc(C(=O)Nc2sc3c(c2C(=O)N2CCCCC2C)CCC(C(C)(C)C)C3)cc1. The number of carbonyl (C=O) groups is 2. The maximum atomic E-state index is 13.8. The third kappa shape index (κ3) is 4.63. The van der Waals surface area contributed by atoms with Crippen molar-refractivity contribution in [1.82, 2.24) is 4.90 Å². The molecule has 4 rings (SSSR count). The van der Waals surface area contributed by atoms with Gasteiger partial charge in [0, 0.05) is 23.0 Å². The number of piperidine rings is 1. The quantitative estimate of drug-likeness (QED) is 0.580. The van der Waals surface area contributed by atoms with Crippen LogP contribution in [0.5, 0.6) is 0 Å². The molecule has 1 aromatic heterocycles. The molecule has 0 spiro atoms. The Morgan fingerprint density at radius 2 is 1.81 bits per heavy atom. The van der Waals surface area contributed by atoms with Gasteiger partial charge in [0.15, 0.2) is 0 Å². The lowest BCUT2D eigenvalue weighted by Gasteiger charge is -2.35. The van der Waals surface area contributed by atoms with Crippen LogP contribution in [0.3, 0.4) is 0 Å². The highest BCUT2D eigenvalue weighted by molar-refractivity contribution is 7.17. The number of carbonyl (C=O) groups excluding carboxylic acids is 2. The minimum atomic E-state index is -0.142. The second-order valence-corrected chi connectivity index (χ2v) is 11.8. The van der Waals surface area contributed by atoms with Crippen molar-refractivity contribution < 1.29 is 9.59 Å².